The van der Waals surface area contributed by atoms with Gasteiger partial charge in [-0.1, -0.05) is 18.3 Å². The van der Waals surface area contributed by atoms with E-state index in [1.807, 2.05) is 0 Å². The Morgan fingerprint density at radius 2 is 1.77 bits per heavy atom. The molecule has 14 heteroatoms. The molecule has 0 spiro atoms. The van der Waals surface area contributed by atoms with Crippen molar-refractivity contribution in [2.45, 2.75) is 24.9 Å². The SMILES string of the molecule is CCS(=O)(=O)c1cc(-c2ncc(C)cn2)cnc1C(=O)N(C)c1nnc(C(F)(F)F)s1. The second-order valence-electron chi connectivity index (χ2n) is 6.31. The first-order valence-electron chi connectivity index (χ1n) is 8.64. The number of pyridine rings is 1. The highest BCUT2D eigenvalue weighted by Crippen LogP contribution is 2.34. The van der Waals surface area contributed by atoms with E-state index >= 15 is 0 Å². The second-order valence-corrected chi connectivity index (χ2v) is 9.51. The van der Waals surface area contributed by atoms with Crippen molar-refractivity contribution in [3.8, 4) is 11.4 Å². The van der Waals surface area contributed by atoms with E-state index < -0.39 is 32.6 Å². The lowest BCUT2D eigenvalue weighted by Crippen LogP contribution is -2.29. The van der Waals surface area contributed by atoms with Crippen molar-refractivity contribution in [2.24, 2.45) is 0 Å². The van der Waals surface area contributed by atoms with E-state index in [9.17, 15) is 26.4 Å². The van der Waals surface area contributed by atoms with Crippen LogP contribution in [-0.2, 0) is 16.0 Å². The molecule has 0 fully saturated rings. The molecule has 0 N–H and O–H groups in total. The van der Waals surface area contributed by atoms with Gasteiger partial charge in [-0.05, 0) is 18.6 Å². The Morgan fingerprint density at radius 3 is 2.32 bits per heavy atom. The van der Waals surface area contributed by atoms with E-state index in [2.05, 4.69) is 25.1 Å². The Labute approximate surface area is 178 Å². The lowest BCUT2D eigenvalue weighted by molar-refractivity contribution is -0.138. The predicted octanol–water partition coefficient (Wildman–Crippen LogP) is 2.79. The lowest BCUT2D eigenvalue weighted by atomic mass is 10.2. The van der Waals surface area contributed by atoms with Gasteiger partial charge in [-0.15, -0.1) is 10.2 Å². The minimum absolute atomic E-state index is 0.152. The summed E-state index contributed by atoms with van der Waals surface area (Å²) in [5.74, 6) is -1.07. The smallest absolute Gasteiger partial charge is 0.284 e. The van der Waals surface area contributed by atoms with Crippen LogP contribution in [0.3, 0.4) is 0 Å². The predicted molar refractivity (Wildman–Crippen MR) is 105 cm³/mol. The maximum atomic E-state index is 12.9. The number of carbonyl (C=O) groups excluding carboxylic acids is 1. The highest BCUT2D eigenvalue weighted by molar-refractivity contribution is 7.91. The number of aromatic nitrogens is 5. The molecule has 0 bridgehead atoms. The molecule has 0 aliphatic rings. The number of amides is 1. The Hall–Kier alpha value is -3.00. The zero-order valence-electron chi connectivity index (χ0n) is 16.4. The number of nitrogens with zero attached hydrogens (tertiary/aromatic N) is 6. The van der Waals surface area contributed by atoms with Crippen LogP contribution in [-0.4, -0.2) is 52.3 Å². The third-order valence-corrected chi connectivity index (χ3v) is 6.84. The summed E-state index contributed by atoms with van der Waals surface area (Å²) in [6, 6.07) is 1.22. The quantitative estimate of drug-likeness (QED) is 0.556. The van der Waals surface area contributed by atoms with E-state index in [4.69, 9.17) is 0 Å². The van der Waals surface area contributed by atoms with Gasteiger partial charge in [0.15, 0.2) is 15.7 Å². The molecule has 0 atom stereocenters. The van der Waals surface area contributed by atoms with Crippen LogP contribution in [0.4, 0.5) is 18.3 Å². The molecule has 3 heterocycles. The fourth-order valence-corrected chi connectivity index (χ4v) is 4.10. The maximum absolute atomic E-state index is 12.9. The highest BCUT2D eigenvalue weighted by Gasteiger charge is 2.37. The van der Waals surface area contributed by atoms with Crippen molar-refractivity contribution in [3.05, 3.63) is 40.9 Å². The zero-order chi connectivity index (χ0) is 23.0. The van der Waals surface area contributed by atoms with E-state index in [-0.39, 0.29) is 38.5 Å². The van der Waals surface area contributed by atoms with Crippen molar-refractivity contribution >= 4 is 32.2 Å². The van der Waals surface area contributed by atoms with Gasteiger partial charge in [0, 0.05) is 31.2 Å². The van der Waals surface area contributed by atoms with Crippen molar-refractivity contribution in [1.82, 2.24) is 25.1 Å². The summed E-state index contributed by atoms with van der Waals surface area (Å²) in [5.41, 5.74) is 0.604. The molecule has 3 rings (SSSR count). The van der Waals surface area contributed by atoms with Gasteiger partial charge in [-0.3, -0.25) is 9.69 Å². The fourth-order valence-electron chi connectivity index (χ4n) is 2.37. The molecule has 0 aliphatic heterocycles. The zero-order valence-corrected chi connectivity index (χ0v) is 18.0. The average Bonchev–Trinajstić information content (AvgIpc) is 3.24. The molecule has 31 heavy (non-hydrogen) atoms. The molecule has 3 aromatic heterocycles. The Morgan fingerprint density at radius 1 is 1.13 bits per heavy atom. The summed E-state index contributed by atoms with van der Waals surface area (Å²) in [7, 11) is -2.77. The van der Waals surface area contributed by atoms with Crippen LogP contribution in [0, 0.1) is 6.92 Å². The summed E-state index contributed by atoms with van der Waals surface area (Å²) < 4.78 is 63.6. The normalized spacial score (nSPS) is 12.1. The largest absolute Gasteiger partial charge is 0.445 e. The van der Waals surface area contributed by atoms with Crippen molar-refractivity contribution in [3.63, 3.8) is 0 Å². The van der Waals surface area contributed by atoms with E-state index in [1.54, 1.807) is 6.92 Å². The van der Waals surface area contributed by atoms with E-state index in [1.165, 1.54) is 31.6 Å². The van der Waals surface area contributed by atoms with Crippen molar-refractivity contribution < 1.29 is 26.4 Å². The number of hydrogen-bond acceptors (Lipinski definition) is 9. The van der Waals surface area contributed by atoms with Gasteiger partial charge >= 0.3 is 6.18 Å². The van der Waals surface area contributed by atoms with Crippen LogP contribution in [0.2, 0.25) is 0 Å². The Kier molecular flexibility index (Phi) is 6.04. The highest BCUT2D eigenvalue weighted by atomic mass is 32.2. The average molecular weight is 472 g/mol. The summed E-state index contributed by atoms with van der Waals surface area (Å²) in [5, 5.41) is 4.81. The minimum Gasteiger partial charge on any atom is -0.284 e. The molecule has 0 unspecified atom stereocenters. The molecule has 0 saturated carbocycles. The molecule has 0 aliphatic carbocycles. The van der Waals surface area contributed by atoms with Crippen LogP contribution < -0.4 is 4.90 Å². The third kappa shape index (κ3) is 4.69. The first-order chi connectivity index (χ1) is 14.4. The van der Waals surface area contributed by atoms with Gasteiger partial charge in [0.1, 0.15) is 5.69 Å². The first kappa shape index (κ1) is 22.7. The molecule has 164 valence electrons. The topological polar surface area (TPSA) is 119 Å². The first-order valence-corrected chi connectivity index (χ1v) is 11.1. The number of hydrogen-bond donors (Lipinski definition) is 0. The molecule has 0 saturated heterocycles. The van der Waals surface area contributed by atoms with E-state index in [0.717, 1.165) is 17.5 Å². The number of carbonyl (C=O) groups is 1. The summed E-state index contributed by atoms with van der Waals surface area (Å²) in [4.78, 5) is 25.5. The van der Waals surface area contributed by atoms with Crippen molar-refractivity contribution in [1.29, 1.82) is 0 Å². The van der Waals surface area contributed by atoms with Gasteiger partial charge in [0.2, 0.25) is 10.1 Å². The molecule has 0 radical (unpaired) electrons. The summed E-state index contributed by atoms with van der Waals surface area (Å²) in [6.45, 7) is 3.17. The molecular weight excluding hydrogens is 457 g/mol. The second kappa shape index (κ2) is 8.26. The summed E-state index contributed by atoms with van der Waals surface area (Å²) >= 11 is 0.152. The minimum atomic E-state index is -4.72. The molecular formula is C17H15F3N6O3S2. The maximum Gasteiger partial charge on any atom is 0.445 e. The number of alkyl halides is 3. The fraction of sp³-hybridized carbons (Fsp3) is 0.294. The van der Waals surface area contributed by atoms with Crippen molar-refractivity contribution in [2.75, 3.05) is 17.7 Å². The summed E-state index contributed by atoms with van der Waals surface area (Å²) in [6.07, 6.45) is -0.417. The monoisotopic (exact) mass is 472 g/mol. The molecule has 1 amide bonds. The van der Waals surface area contributed by atoms with Gasteiger partial charge in [-0.25, -0.2) is 23.4 Å². The Balaban J connectivity index is 2.06. The third-order valence-electron chi connectivity index (χ3n) is 4.06. The van der Waals surface area contributed by atoms with Crippen LogP contribution in [0.5, 0.6) is 0 Å². The van der Waals surface area contributed by atoms with Crippen LogP contribution in [0.25, 0.3) is 11.4 Å². The van der Waals surface area contributed by atoms with E-state index in [0.29, 0.717) is 0 Å². The molecule has 0 aromatic carbocycles. The van der Waals surface area contributed by atoms with Gasteiger partial charge in [-0.2, -0.15) is 13.2 Å². The molecule has 3 aromatic rings. The number of aryl methyl sites for hydroxylation is 1. The number of halogens is 3. The number of sulfone groups is 1. The van der Waals surface area contributed by atoms with Crippen LogP contribution in [0.15, 0.2) is 29.6 Å². The Bertz CT molecular complexity index is 1230. The lowest BCUT2D eigenvalue weighted by Gasteiger charge is -2.15. The molecule has 9 nitrogen and oxygen atoms in total. The number of anilines is 1. The standard InChI is InChI=1S/C17H15F3N6O3S2/c1-4-31(28,29)11-5-10(13-22-6-9(2)7-23-13)8-21-12(11)14(27)26(3)16-25-24-15(30-16)17(18,19)20/h5-8H,4H2,1-3H3. The van der Waals surface area contributed by atoms with Gasteiger partial charge < -0.3 is 0 Å². The number of rotatable bonds is 5. The van der Waals surface area contributed by atoms with Gasteiger partial charge in [0.05, 0.1) is 10.6 Å². The van der Waals surface area contributed by atoms with Crippen LogP contribution in [0.1, 0.15) is 28.0 Å². The van der Waals surface area contributed by atoms with Gasteiger partial charge in [0.25, 0.3) is 5.91 Å². The van der Waals surface area contributed by atoms with Crippen LogP contribution >= 0.6 is 11.3 Å².